The highest BCUT2D eigenvalue weighted by Crippen LogP contribution is 2.18. The number of carbonyl (C=O) groups excluding carboxylic acids is 2. The summed E-state index contributed by atoms with van der Waals surface area (Å²) in [4.78, 5) is 26.1. The van der Waals surface area contributed by atoms with Gasteiger partial charge in [-0.3, -0.25) is 4.79 Å². The van der Waals surface area contributed by atoms with Crippen LogP contribution in [0.25, 0.3) is 0 Å². The minimum absolute atomic E-state index is 0.0530. The third-order valence-corrected chi connectivity index (χ3v) is 2.40. The first-order valence-corrected chi connectivity index (χ1v) is 5.30. The van der Waals surface area contributed by atoms with Crippen molar-refractivity contribution in [2.24, 2.45) is 0 Å². The third-order valence-electron chi connectivity index (χ3n) is 2.40. The van der Waals surface area contributed by atoms with E-state index in [1.807, 2.05) is 6.92 Å². The Kier molecular flexibility index (Phi) is 3.94. The molecule has 5 nitrogen and oxygen atoms in total. The fourth-order valence-electron chi connectivity index (χ4n) is 1.13. The van der Waals surface area contributed by atoms with Gasteiger partial charge in [0.05, 0.1) is 0 Å². The lowest BCUT2D eigenvalue weighted by atomic mass is 10.4. The molecule has 0 radical (unpaired) electrons. The second-order valence-corrected chi connectivity index (χ2v) is 4.03. The maximum absolute atomic E-state index is 11.6. The van der Waals surface area contributed by atoms with E-state index in [1.54, 1.807) is 14.1 Å². The second kappa shape index (κ2) is 5.00. The van der Waals surface area contributed by atoms with Crippen molar-refractivity contribution < 1.29 is 9.59 Å². The minimum Gasteiger partial charge on any atom is -0.347 e. The molecule has 15 heavy (non-hydrogen) atoms. The van der Waals surface area contributed by atoms with Crippen LogP contribution in [0.2, 0.25) is 0 Å². The number of hydrogen-bond donors (Lipinski definition) is 1. The number of nitrogens with zero attached hydrogens (tertiary/aromatic N) is 2. The van der Waals surface area contributed by atoms with Gasteiger partial charge in [-0.05, 0) is 19.8 Å². The summed E-state index contributed by atoms with van der Waals surface area (Å²) < 4.78 is 0. The number of hydrogen-bond acceptors (Lipinski definition) is 2. The van der Waals surface area contributed by atoms with E-state index in [1.165, 1.54) is 9.80 Å². The van der Waals surface area contributed by atoms with E-state index in [2.05, 4.69) is 5.32 Å². The van der Waals surface area contributed by atoms with Gasteiger partial charge in [-0.1, -0.05) is 0 Å². The predicted octanol–water partition coefficient (Wildman–Crippen LogP) is 0.269. The van der Waals surface area contributed by atoms with E-state index in [-0.39, 0.29) is 18.5 Å². The molecule has 0 aromatic heterocycles. The number of nitrogens with one attached hydrogen (secondary N) is 1. The summed E-state index contributed by atoms with van der Waals surface area (Å²) in [5.41, 5.74) is 0. The zero-order valence-electron chi connectivity index (χ0n) is 9.62. The van der Waals surface area contributed by atoms with Gasteiger partial charge < -0.3 is 15.1 Å². The molecule has 3 amide bonds. The first kappa shape index (κ1) is 11.8. The normalized spacial score (nSPS) is 14.6. The van der Waals surface area contributed by atoms with E-state index in [4.69, 9.17) is 0 Å². The Morgan fingerprint density at radius 2 is 1.93 bits per heavy atom. The van der Waals surface area contributed by atoms with Crippen LogP contribution >= 0.6 is 0 Å². The Morgan fingerprint density at radius 1 is 1.33 bits per heavy atom. The van der Waals surface area contributed by atoms with Crippen LogP contribution in [-0.2, 0) is 4.79 Å². The van der Waals surface area contributed by atoms with Crippen LogP contribution in [0.5, 0.6) is 0 Å². The molecule has 1 rings (SSSR count). The molecule has 1 aliphatic rings. The van der Waals surface area contributed by atoms with E-state index >= 15 is 0 Å². The number of likely N-dealkylation sites (N-methyl/N-ethyl adjacent to an activating group) is 2. The monoisotopic (exact) mass is 213 g/mol. The molecule has 0 aliphatic heterocycles. The van der Waals surface area contributed by atoms with Crippen molar-refractivity contribution in [1.82, 2.24) is 15.1 Å². The summed E-state index contributed by atoms with van der Waals surface area (Å²) in [6.45, 7) is 2.58. The molecule has 0 bridgehead atoms. The quantitative estimate of drug-likeness (QED) is 0.728. The van der Waals surface area contributed by atoms with Gasteiger partial charge in [-0.25, -0.2) is 4.79 Å². The van der Waals surface area contributed by atoms with Gasteiger partial charge in [0.15, 0.2) is 0 Å². The zero-order valence-corrected chi connectivity index (χ0v) is 9.62. The van der Waals surface area contributed by atoms with Crippen LogP contribution in [-0.4, -0.2) is 55.0 Å². The Balaban J connectivity index is 2.39. The summed E-state index contributed by atoms with van der Waals surface area (Å²) in [6, 6.07) is 0.205. The van der Waals surface area contributed by atoms with E-state index < -0.39 is 0 Å². The number of carbonyl (C=O) groups is 2. The number of urea groups is 1. The fraction of sp³-hybridized carbons (Fsp3) is 0.800. The van der Waals surface area contributed by atoms with Crippen LogP contribution in [0.3, 0.4) is 0 Å². The highest BCUT2D eigenvalue weighted by molar-refractivity contribution is 5.84. The van der Waals surface area contributed by atoms with Crippen LogP contribution < -0.4 is 5.32 Å². The van der Waals surface area contributed by atoms with E-state index in [9.17, 15) is 9.59 Å². The number of rotatable bonds is 4. The van der Waals surface area contributed by atoms with Crippen molar-refractivity contribution in [3.8, 4) is 0 Å². The summed E-state index contributed by atoms with van der Waals surface area (Å²) in [5.74, 6) is -0.0530. The molecule has 86 valence electrons. The standard InChI is InChI=1S/C10H19N3O2/c1-4-13(7-9(14)12(2)3)10(15)11-8-5-6-8/h8H,4-7H2,1-3H3,(H,11,15). The van der Waals surface area contributed by atoms with Gasteiger partial charge in [-0.15, -0.1) is 0 Å². The molecule has 1 aliphatic carbocycles. The van der Waals surface area contributed by atoms with Crippen LogP contribution in [0.1, 0.15) is 19.8 Å². The lowest BCUT2D eigenvalue weighted by Gasteiger charge is -2.22. The highest BCUT2D eigenvalue weighted by Gasteiger charge is 2.26. The summed E-state index contributed by atoms with van der Waals surface area (Å²) in [6.07, 6.45) is 2.12. The molecule has 0 aromatic rings. The van der Waals surface area contributed by atoms with Gasteiger partial charge in [-0.2, -0.15) is 0 Å². The molecule has 0 spiro atoms. The summed E-state index contributed by atoms with van der Waals surface area (Å²) in [5, 5.41) is 2.87. The number of amides is 3. The van der Waals surface area contributed by atoms with Gasteiger partial charge in [0.1, 0.15) is 6.54 Å². The first-order valence-electron chi connectivity index (χ1n) is 5.30. The largest absolute Gasteiger partial charge is 0.347 e. The van der Waals surface area contributed by atoms with Gasteiger partial charge in [0, 0.05) is 26.7 Å². The van der Waals surface area contributed by atoms with Crippen LogP contribution in [0.4, 0.5) is 4.79 Å². The van der Waals surface area contributed by atoms with Gasteiger partial charge in [0.25, 0.3) is 0 Å². The van der Waals surface area contributed by atoms with Crippen molar-refractivity contribution in [3.63, 3.8) is 0 Å². The molecule has 1 N–H and O–H groups in total. The molecule has 0 saturated heterocycles. The Bertz CT molecular complexity index is 249. The van der Waals surface area contributed by atoms with Crippen LogP contribution in [0.15, 0.2) is 0 Å². The molecule has 1 saturated carbocycles. The maximum atomic E-state index is 11.6. The lowest BCUT2D eigenvalue weighted by Crippen LogP contribution is -2.45. The SMILES string of the molecule is CCN(CC(=O)N(C)C)C(=O)NC1CC1. The predicted molar refractivity (Wildman–Crippen MR) is 57.5 cm³/mol. The van der Waals surface area contributed by atoms with Crippen molar-refractivity contribution >= 4 is 11.9 Å². The fourth-order valence-corrected chi connectivity index (χ4v) is 1.13. The van der Waals surface area contributed by atoms with Crippen LogP contribution in [0, 0.1) is 0 Å². The first-order chi connectivity index (χ1) is 7.04. The Morgan fingerprint density at radius 3 is 2.33 bits per heavy atom. The van der Waals surface area contributed by atoms with Crippen molar-refractivity contribution in [1.29, 1.82) is 0 Å². The van der Waals surface area contributed by atoms with E-state index in [0.29, 0.717) is 12.6 Å². The molecular weight excluding hydrogens is 194 g/mol. The molecule has 1 fully saturated rings. The molecule has 0 unspecified atom stereocenters. The molecule has 5 heteroatoms. The smallest absolute Gasteiger partial charge is 0.318 e. The van der Waals surface area contributed by atoms with Crippen molar-refractivity contribution in [3.05, 3.63) is 0 Å². The third kappa shape index (κ3) is 3.77. The molecular formula is C10H19N3O2. The summed E-state index contributed by atoms with van der Waals surface area (Å²) >= 11 is 0. The average molecular weight is 213 g/mol. The average Bonchev–Trinajstić information content (AvgIpc) is 2.96. The van der Waals surface area contributed by atoms with Gasteiger partial charge in [0.2, 0.25) is 5.91 Å². The van der Waals surface area contributed by atoms with Gasteiger partial charge >= 0.3 is 6.03 Å². The summed E-state index contributed by atoms with van der Waals surface area (Å²) in [7, 11) is 3.38. The maximum Gasteiger partial charge on any atom is 0.318 e. The Hall–Kier alpha value is -1.26. The van der Waals surface area contributed by atoms with Crippen molar-refractivity contribution in [2.75, 3.05) is 27.2 Å². The topological polar surface area (TPSA) is 52.7 Å². The zero-order chi connectivity index (χ0) is 11.4. The lowest BCUT2D eigenvalue weighted by molar-refractivity contribution is -0.129. The molecule has 0 aromatic carbocycles. The molecule has 0 atom stereocenters. The Labute approximate surface area is 90.4 Å². The highest BCUT2D eigenvalue weighted by atomic mass is 16.2. The second-order valence-electron chi connectivity index (χ2n) is 4.03. The van der Waals surface area contributed by atoms with E-state index in [0.717, 1.165) is 12.8 Å². The molecule has 0 heterocycles. The minimum atomic E-state index is -0.129. The van der Waals surface area contributed by atoms with Crippen molar-refractivity contribution in [2.45, 2.75) is 25.8 Å².